The highest BCUT2D eigenvalue weighted by molar-refractivity contribution is 5.78. The zero-order valence-electron chi connectivity index (χ0n) is 13.1. The maximum atomic E-state index is 11.8. The molecule has 1 aliphatic heterocycles. The van der Waals surface area contributed by atoms with Crippen LogP contribution in [0.25, 0.3) is 0 Å². The van der Waals surface area contributed by atoms with Crippen LogP contribution in [0.4, 0.5) is 5.69 Å². The van der Waals surface area contributed by atoms with Gasteiger partial charge in [-0.2, -0.15) is 0 Å². The Hall–Kier alpha value is -1.75. The maximum absolute atomic E-state index is 11.8. The predicted octanol–water partition coefficient (Wildman–Crippen LogP) is 1.34. The first-order valence-corrected chi connectivity index (χ1v) is 7.49. The van der Waals surface area contributed by atoms with Gasteiger partial charge in [0.25, 0.3) is 0 Å². The number of rotatable bonds is 5. The van der Waals surface area contributed by atoms with Crippen molar-refractivity contribution in [3.05, 3.63) is 24.3 Å². The molecule has 0 bridgehead atoms. The Balaban J connectivity index is 1.84. The molecule has 116 valence electrons. The highest BCUT2D eigenvalue weighted by Gasteiger charge is 2.19. The van der Waals surface area contributed by atoms with E-state index in [1.807, 2.05) is 26.0 Å². The molecule has 1 amide bonds. The molecule has 0 saturated carbocycles. The van der Waals surface area contributed by atoms with Crippen LogP contribution in [-0.4, -0.2) is 56.7 Å². The molecule has 5 heteroatoms. The van der Waals surface area contributed by atoms with Crippen molar-refractivity contribution in [3.63, 3.8) is 0 Å². The molecule has 1 aliphatic rings. The lowest BCUT2D eigenvalue weighted by Crippen LogP contribution is -2.50. The Labute approximate surface area is 126 Å². The van der Waals surface area contributed by atoms with Crippen LogP contribution in [0, 0.1) is 0 Å². The number of hydrogen-bond donors (Lipinski definition) is 1. The molecule has 0 unspecified atom stereocenters. The summed E-state index contributed by atoms with van der Waals surface area (Å²) in [6, 6.07) is 8.33. The van der Waals surface area contributed by atoms with Crippen molar-refractivity contribution >= 4 is 11.6 Å². The number of nitrogens with one attached hydrogen (secondary N) is 1. The second-order valence-electron chi connectivity index (χ2n) is 5.69. The minimum absolute atomic E-state index is 0.111. The van der Waals surface area contributed by atoms with Gasteiger partial charge in [-0.05, 0) is 26.0 Å². The molecule has 1 N–H and O–H groups in total. The Morgan fingerprint density at radius 3 is 2.62 bits per heavy atom. The van der Waals surface area contributed by atoms with Gasteiger partial charge in [-0.3, -0.25) is 9.69 Å². The summed E-state index contributed by atoms with van der Waals surface area (Å²) in [5.74, 6) is 0.992. The summed E-state index contributed by atoms with van der Waals surface area (Å²) in [6.45, 7) is 8.14. The maximum Gasteiger partial charge on any atom is 0.234 e. The summed E-state index contributed by atoms with van der Waals surface area (Å²) in [5, 5.41) is 2.94. The van der Waals surface area contributed by atoms with Gasteiger partial charge < -0.3 is 15.0 Å². The molecule has 1 aromatic rings. The van der Waals surface area contributed by atoms with Gasteiger partial charge in [0.05, 0.1) is 13.7 Å². The van der Waals surface area contributed by atoms with Gasteiger partial charge in [0.2, 0.25) is 5.91 Å². The third-order valence-corrected chi connectivity index (χ3v) is 3.61. The predicted molar refractivity (Wildman–Crippen MR) is 84.9 cm³/mol. The third-order valence-electron chi connectivity index (χ3n) is 3.61. The first-order chi connectivity index (χ1) is 10.1. The van der Waals surface area contributed by atoms with Crippen molar-refractivity contribution in [2.24, 2.45) is 0 Å². The quantitative estimate of drug-likeness (QED) is 0.889. The van der Waals surface area contributed by atoms with Gasteiger partial charge in [-0.25, -0.2) is 0 Å². The fourth-order valence-corrected chi connectivity index (χ4v) is 2.54. The second-order valence-corrected chi connectivity index (χ2v) is 5.69. The molecule has 21 heavy (non-hydrogen) atoms. The molecular weight excluding hydrogens is 266 g/mol. The van der Waals surface area contributed by atoms with E-state index in [9.17, 15) is 4.79 Å². The molecule has 2 rings (SSSR count). The van der Waals surface area contributed by atoms with Crippen molar-refractivity contribution in [2.45, 2.75) is 19.9 Å². The van der Waals surface area contributed by atoms with Crippen LogP contribution < -0.4 is 15.0 Å². The highest BCUT2D eigenvalue weighted by atomic mass is 16.5. The number of anilines is 1. The Kier molecular flexibility index (Phi) is 5.44. The van der Waals surface area contributed by atoms with E-state index in [1.165, 1.54) is 5.69 Å². The minimum Gasteiger partial charge on any atom is -0.497 e. The van der Waals surface area contributed by atoms with Gasteiger partial charge >= 0.3 is 0 Å². The molecule has 0 atom stereocenters. The fraction of sp³-hybridized carbons (Fsp3) is 0.562. The van der Waals surface area contributed by atoms with Gasteiger partial charge in [-0.15, -0.1) is 0 Å². The minimum atomic E-state index is 0.111. The van der Waals surface area contributed by atoms with Crippen molar-refractivity contribution in [1.82, 2.24) is 10.2 Å². The number of ether oxygens (including phenoxy) is 1. The average molecular weight is 291 g/mol. The first-order valence-electron chi connectivity index (χ1n) is 7.49. The monoisotopic (exact) mass is 291 g/mol. The van der Waals surface area contributed by atoms with Crippen LogP contribution >= 0.6 is 0 Å². The zero-order valence-corrected chi connectivity index (χ0v) is 13.1. The van der Waals surface area contributed by atoms with Gasteiger partial charge in [0.15, 0.2) is 0 Å². The van der Waals surface area contributed by atoms with Crippen LogP contribution in [0.15, 0.2) is 24.3 Å². The van der Waals surface area contributed by atoms with E-state index in [-0.39, 0.29) is 11.9 Å². The lowest BCUT2D eigenvalue weighted by Gasteiger charge is -2.35. The Morgan fingerprint density at radius 2 is 2.00 bits per heavy atom. The van der Waals surface area contributed by atoms with Crippen molar-refractivity contribution < 1.29 is 9.53 Å². The molecule has 1 fully saturated rings. The summed E-state index contributed by atoms with van der Waals surface area (Å²) in [5.41, 5.74) is 1.18. The van der Waals surface area contributed by atoms with Crippen LogP contribution in [-0.2, 0) is 4.79 Å². The first kappa shape index (κ1) is 15.6. The summed E-state index contributed by atoms with van der Waals surface area (Å²) in [6.07, 6.45) is 0. The summed E-state index contributed by atoms with van der Waals surface area (Å²) in [4.78, 5) is 16.3. The third kappa shape index (κ3) is 4.63. The average Bonchev–Trinajstić information content (AvgIpc) is 2.47. The molecule has 1 aromatic carbocycles. The molecule has 0 aromatic heterocycles. The van der Waals surface area contributed by atoms with Crippen LogP contribution in [0.5, 0.6) is 5.75 Å². The number of nitrogens with zero attached hydrogens (tertiary/aromatic N) is 2. The molecule has 5 nitrogen and oxygen atoms in total. The number of carbonyl (C=O) groups is 1. The van der Waals surface area contributed by atoms with Gasteiger partial charge in [0.1, 0.15) is 5.75 Å². The molecule has 1 heterocycles. The summed E-state index contributed by atoms with van der Waals surface area (Å²) < 4.78 is 5.27. The van der Waals surface area contributed by atoms with E-state index >= 15 is 0 Å². The molecule has 0 radical (unpaired) electrons. The Bertz CT molecular complexity index is 468. The van der Waals surface area contributed by atoms with Crippen LogP contribution in [0.1, 0.15) is 13.8 Å². The normalized spacial score (nSPS) is 16.1. The van der Waals surface area contributed by atoms with Crippen LogP contribution in [0.3, 0.4) is 0 Å². The number of carbonyl (C=O) groups excluding carboxylic acids is 1. The summed E-state index contributed by atoms with van der Waals surface area (Å²) in [7, 11) is 1.68. The number of piperazine rings is 1. The van der Waals surface area contributed by atoms with E-state index in [4.69, 9.17) is 4.74 Å². The standard InChI is InChI=1S/C16H25N3O2/c1-13(2)17-16(20)12-18-7-9-19(10-8-18)14-5-4-6-15(11-14)21-3/h4-6,11,13H,7-10,12H2,1-3H3,(H,17,20). The van der Waals surface area contributed by atoms with Crippen molar-refractivity contribution in [3.8, 4) is 5.75 Å². The largest absolute Gasteiger partial charge is 0.497 e. The van der Waals surface area contributed by atoms with E-state index < -0.39 is 0 Å². The topological polar surface area (TPSA) is 44.8 Å². The van der Waals surface area contributed by atoms with Crippen LogP contribution in [0.2, 0.25) is 0 Å². The smallest absolute Gasteiger partial charge is 0.234 e. The summed E-state index contributed by atoms with van der Waals surface area (Å²) >= 11 is 0. The number of hydrogen-bond acceptors (Lipinski definition) is 4. The SMILES string of the molecule is COc1cccc(N2CCN(CC(=O)NC(C)C)CC2)c1. The highest BCUT2D eigenvalue weighted by Crippen LogP contribution is 2.21. The number of methoxy groups -OCH3 is 1. The Morgan fingerprint density at radius 1 is 1.29 bits per heavy atom. The van der Waals surface area contributed by atoms with E-state index in [1.54, 1.807) is 7.11 Å². The fourth-order valence-electron chi connectivity index (χ4n) is 2.54. The van der Waals surface area contributed by atoms with Crippen molar-refractivity contribution in [2.75, 3.05) is 44.7 Å². The van der Waals surface area contributed by atoms with Crippen molar-refractivity contribution in [1.29, 1.82) is 0 Å². The molecular formula is C16H25N3O2. The number of amides is 1. The second kappa shape index (κ2) is 7.31. The van der Waals surface area contributed by atoms with Gasteiger partial charge in [0, 0.05) is 44.0 Å². The zero-order chi connectivity index (χ0) is 15.2. The lowest BCUT2D eigenvalue weighted by atomic mass is 10.2. The number of benzene rings is 1. The van der Waals surface area contributed by atoms with E-state index in [0.29, 0.717) is 6.54 Å². The van der Waals surface area contributed by atoms with E-state index in [2.05, 4.69) is 27.2 Å². The molecule has 0 spiro atoms. The molecule has 1 saturated heterocycles. The lowest BCUT2D eigenvalue weighted by molar-refractivity contribution is -0.122. The van der Waals surface area contributed by atoms with Gasteiger partial charge in [-0.1, -0.05) is 6.07 Å². The van der Waals surface area contributed by atoms with E-state index in [0.717, 1.165) is 31.9 Å². The molecule has 0 aliphatic carbocycles.